The molecule has 0 unspecified atom stereocenters. The van der Waals surface area contributed by atoms with Gasteiger partial charge in [-0.25, -0.2) is 0 Å². The highest BCUT2D eigenvalue weighted by molar-refractivity contribution is 5.72. The molecule has 0 aromatic heterocycles. The lowest BCUT2D eigenvalue weighted by atomic mass is 10.0. The number of hydrogen-bond donors (Lipinski definition) is 0. The van der Waals surface area contributed by atoms with Gasteiger partial charge in [0.2, 0.25) is 0 Å². The topological polar surface area (TPSA) is 27.7 Å². The zero-order valence-electron chi connectivity index (χ0n) is 12.2. The van der Waals surface area contributed by atoms with Gasteiger partial charge in [0, 0.05) is 11.6 Å². The van der Waals surface area contributed by atoms with E-state index >= 15 is 0 Å². The predicted octanol–water partition coefficient (Wildman–Crippen LogP) is 4.16. The Morgan fingerprint density at radius 3 is 2.35 bits per heavy atom. The summed E-state index contributed by atoms with van der Waals surface area (Å²) in [6.07, 6.45) is 0. The molecule has 2 aromatic carbocycles. The van der Waals surface area contributed by atoms with Crippen molar-refractivity contribution in [3.63, 3.8) is 0 Å². The maximum atomic E-state index is 5.73. The van der Waals surface area contributed by atoms with Gasteiger partial charge in [-0.05, 0) is 43.7 Å². The van der Waals surface area contributed by atoms with Crippen molar-refractivity contribution in [1.82, 2.24) is 0 Å². The van der Waals surface area contributed by atoms with Crippen LogP contribution in [0.25, 0.3) is 11.1 Å². The van der Waals surface area contributed by atoms with E-state index < -0.39 is 0 Å². The first-order valence-electron chi connectivity index (χ1n) is 6.82. The van der Waals surface area contributed by atoms with Gasteiger partial charge in [-0.1, -0.05) is 12.1 Å². The summed E-state index contributed by atoms with van der Waals surface area (Å²) in [6.45, 7) is 5.20. The van der Waals surface area contributed by atoms with Crippen LogP contribution < -0.4 is 14.2 Å². The lowest BCUT2D eigenvalue weighted by molar-refractivity contribution is 0.324. The van der Waals surface area contributed by atoms with E-state index in [1.165, 1.54) is 0 Å². The van der Waals surface area contributed by atoms with Crippen LogP contribution in [0.5, 0.6) is 17.2 Å². The Hall–Kier alpha value is -2.16. The highest BCUT2D eigenvalue weighted by Gasteiger charge is 2.09. The van der Waals surface area contributed by atoms with Crippen molar-refractivity contribution in [3.05, 3.63) is 42.5 Å². The molecule has 0 saturated carbocycles. The SMILES string of the molecule is CCOc1ccc(-c2cccc(OC)c2)c(OCC)c1. The Morgan fingerprint density at radius 2 is 1.65 bits per heavy atom. The number of hydrogen-bond acceptors (Lipinski definition) is 3. The zero-order valence-corrected chi connectivity index (χ0v) is 12.2. The second-order valence-corrected chi connectivity index (χ2v) is 4.26. The lowest BCUT2D eigenvalue weighted by Crippen LogP contribution is -1.97. The van der Waals surface area contributed by atoms with Crippen molar-refractivity contribution in [2.75, 3.05) is 20.3 Å². The van der Waals surface area contributed by atoms with Crippen LogP contribution in [-0.4, -0.2) is 20.3 Å². The smallest absolute Gasteiger partial charge is 0.130 e. The van der Waals surface area contributed by atoms with Crippen molar-refractivity contribution in [1.29, 1.82) is 0 Å². The minimum atomic E-state index is 0.618. The van der Waals surface area contributed by atoms with E-state index in [2.05, 4.69) is 0 Å². The van der Waals surface area contributed by atoms with Gasteiger partial charge in [-0.15, -0.1) is 0 Å². The fourth-order valence-electron chi connectivity index (χ4n) is 2.06. The monoisotopic (exact) mass is 272 g/mol. The summed E-state index contributed by atoms with van der Waals surface area (Å²) in [6, 6.07) is 13.9. The summed E-state index contributed by atoms with van der Waals surface area (Å²) in [5, 5.41) is 0. The van der Waals surface area contributed by atoms with Gasteiger partial charge in [0.1, 0.15) is 17.2 Å². The molecule has 0 atom stereocenters. The van der Waals surface area contributed by atoms with Crippen molar-refractivity contribution < 1.29 is 14.2 Å². The Morgan fingerprint density at radius 1 is 0.850 bits per heavy atom. The van der Waals surface area contributed by atoms with Crippen LogP contribution in [0.4, 0.5) is 0 Å². The average Bonchev–Trinajstić information content (AvgIpc) is 2.48. The zero-order chi connectivity index (χ0) is 14.4. The van der Waals surface area contributed by atoms with Crippen molar-refractivity contribution >= 4 is 0 Å². The third-order valence-electron chi connectivity index (χ3n) is 2.94. The first kappa shape index (κ1) is 14.3. The third kappa shape index (κ3) is 3.23. The fourth-order valence-corrected chi connectivity index (χ4v) is 2.06. The maximum absolute atomic E-state index is 5.73. The molecule has 3 heteroatoms. The average molecular weight is 272 g/mol. The lowest BCUT2D eigenvalue weighted by Gasteiger charge is -2.13. The Bertz CT molecular complexity index is 564. The molecule has 3 nitrogen and oxygen atoms in total. The van der Waals surface area contributed by atoms with E-state index in [0.29, 0.717) is 13.2 Å². The van der Waals surface area contributed by atoms with Gasteiger partial charge in [0.25, 0.3) is 0 Å². The molecule has 0 fully saturated rings. The molecular weight excluding hydrogens is 252 g/mol. The standard InChI is InChI=1S/C17H20O3/c1-4-19-15-9-10-16(17(12-15)20-5-2)13-7-6-8-14(11-13)18-3/h6-12H,4-5H2,1-3H3. The van der Waals surface area contributed by atoms with E-state index in [1.807, 2.05) is 56.3 Å². The van der Waals surface area contributed by atoms with Crippen LogP contribution in [-0.2, 0) is 0 Å². The second-order valence-electron chi connectivity index (χ2n) is 4.26. The molecule has 0 heterocycles. The number of benzene rings is 2. The summed E-state index contributed by atoms with van der Waals surface area (Å²) in [7, 11) is 1.67. The molecule has 0 saturated heterocycles. The van der Waals surface area contributed by atoms with E-state index in [9.17, 15) is 0 Å². The van der Waals surface area contributed by atoms with E-state index in [1.54, 1.807) is 7.11 Å². The molecule has 0 aliphatic heterocycles. The normalized spacial score (nSPS) is 10.2. The molecule has 2 aromatic rings. The molecular formula is C17H20O3. The molecule has 0 amide bonds. The first-order chi connectivity index (χ1) is 9.78. The van der Waals surface area contributed by atoms with Gasteiger partial charge in [0.05, 0.1) is 20.3 Å². The minimum Gasteiger partial charge on any atom is -0.497 e. The number of rotatable bonds is 6. The van der Waals surface area contributed by atoms with Gasteiger partial charge in [-0.2, -0.15) is 0 Å². The van der Waals surface area contributed by atoms with Crippen molar-refractivity contribution in [2.24, 2.45) is 0 Å². The van der Waals surface area contributed by atoms with E-state index in [0.717, 1.165) is 28.4 Å². The summed E-state index contributed by atoms with van der Waals surface area (Å²) in [5.41, 5.74) is 2.10. The maximum Gasteiger partial charge on any atom is 0.130 e. The first-order valence-corrected chi connectivity index (χ1v) is 6.82. The molecule has 0 bridgehead atoms. The Labute approximate surface area is 120 Å². The fraction of sp³-hybridized carbons (Fsp3) is 0.294. The van der Waals surface area contributed by atoms with Crippen LogP contribution in [0.2, 0.25) is 0 Å². The molecule has 0 spiro atoms. The van der Waals surface area contributed by atoms with Crippen LogP contribution in [0.15, 0.2) is 42.5 Å². The number of ether oxygens (including phenoxy) is 3. The molecule has 106 valence electrons. The summed E-state index contributed by atoms with van der Waals surface area (Å²) >= 11 is 0. The van der Waals surface area contributed by atoms with Crippen molar-refractivity contribution in [2.45, 2.75) is 13.8 Å². The summed E-state index contributed by atoms with van der Waals surface area (Å²) < 4.78 is 16.5. The highest BCUT2D eigenvalue weighted by Crippen LogP contribution is 2.34. The van der Waals surface area contributed by atoms with Gasteiger partial charge in [0.15, 0.2) is 0 Å². The van der Waals surface area contributed by atoms with Crippen LogP contribution >= 0.6 is 0 Å². The Kier molecular flexibility index (Phi) is 4.88. The quantitative estimate of drug-likeness (QED) is 0.790. The highest BCUT2D eigenvalue weighted by atomic mass is 16.5. The summed E-state index contributed by atoms with van der Waals surface area (Å²) in [4.78, 5) is 0. The Balaban J connectivity index is 2.43. The van der Waals surface area contributed by atoms with Gasteiger partial charge >= 0.3 is 0 Å². The van der Waals surface area contributed by atoms with E-state index in [4.69, 9.17) is 14.2 Å². The van der Waals surface area contributed by atoms with Crippen LogP contribution in [0.3, 0.4) is 0 Å². The van der Waals surface area contributed by atoms with Gasteiger partial charge < -0.3 is 14.2 Å². The largest absolute Gasteiger partial charge is 0.497 e. The molecule has 2 rings (SSSR count). The molecule has 0 aliphatic carbocycles. The number of methoxy groups -OCH3 is 1. The second kappa shape index (κ2) is 6.85. The van der Waals surface area contributed by atoms with Crippen molar-refractivity contribution in [3.8, 4) is 28.4 Å². The molecule has 20 heavy (non-hydrogen) atoms. The minimum absolute atomic E-state index is 0.618. The van der Waals surface area contributed by atoms with Gasteiger partial charge in [-0.3, -0.25) is 0 Å². The van der Waals surface area contributed by atoms with Crippen LogP contribution in [0.1, 0.15) is 13.8 Å². The summed E-state index contributed by atoms with van der Waals surface area (Å²) in [5.74, 6) is 2.48. The van der Waals surface area contributed by atoms with Crippen LogP contribution in [0, 0.1) is 0 Å². The molecule has 0 radical (unpaired) electrons. The van der Waals surface area contributed by atoms with E-state index in [-0.39, 0.29) is 0 Å². The third-order valence-corrected chi connectivity index (χ3v) is 2.94. The molecule has 0 N–H and O–H groups in total. The molecule has 0 aliphatic rings. The predicted molar refractivity (Wildman–Crippen MR) is 80.8 cm³/mol.